The number of carbonyl (C=O) groups is 1. The Kier molecular flexibility index (Phi) is 7.44. The van der Waals surface area contributed by atoms with Crippen molar-refractivity contribution in [2.75, 3.05) is 19.0 Å². The lowest BCUT2D eigenvalue weighted by Gasteiger charge is -2.26. The van der Waals surface area contributed by atoms with Crippen LogP contribution in [0.25, 0.3) is 0 Å². The number of carbonyl (C=O) groups excluding carboxylic acids is 1. The average molecular weight is 424 g/mol. The van der Waals surface area contributed by atoms with Gasteiger partial charge in [0.15, 0.2) is 6.10 Å². The van der Waals surface area contributed by atoms with Crippen molar-refractivity contribution in [1.29, 1.82) is 0 Å². The van der Waals surface area contributed by atoms with Gasteiger partial charge in [-0.15, -0.1) is 0 Å². The maximum atomic E-state index is 12.4. The first kappa shape index (κ1) is 20.2. The van der Waals surface area contributed by atoms with Crippen molar-refractivity contribution in [3.05, 3.63) is 58.1 Å². The van der Waals surface area contributed by atoms with Crippen LogP contribution in [0.1, 0.15) is 23.7 Å². The summed E-state index contributed by atoms with van der Waals surface area (Å²) >= 11 is 3.34. The third kappa shape index (κ3) is 5.45. The first-order valence-electron chi connectivity index (χ1n) is 8.11. The van der Waals surface area contributed by atoms with Crippen LogP contribution in [0.4, 0.5) is 10.5 Å². The Labute approximate surface area is 160 Å². The van der Waals surface area contributed by atoms with Crippen molar-refractivity contribution in [1.82, 2.24) is 0 Å². The normalized spacial score (nSPS) is 13.1. The molecular weight excluding hydrogens is 402 g/mol. The van der Waals surface area contributed by atoms with Gasteiger partial charge in [-0.3, -0.25) is 5.32 Å². The fraction of sp³-hybridized carbons (Fsp3) is 0.316. The van der Waals surface area contributed by atoms with Crippen molar-refractivity contribution >= 4 is 27.7 Å². The number of benzene rings is 2. The number of rotatable bonds is 7. The molecule has 3 N–H and O–H groups in total. The third-order valence-corrected chi connectivity index (χ3v) is 4.38. The summed E-state index contributed by atoms with van der Waals surface area (Å²) in [5.41, 5.74) is 2.05. The van der Waals surface area contributed by atoms with Crippen LogP contribution in [0.5, 0.6) is 5.75 Å². The van der Waals surface area contributed by atoms with Crippen LogP contribution in [0.2, 0.25) is 0 Å². The van der Waals surface area contributed by atoms with Gasteiger partial charge in [-0.05, 0) is 37.3 Å². The number of aliphatic hydroxyl groups is 1. The zero-order valence-electron chi connectivity index (χ0n) is 14.6. The van der Waals surface area contributed by atoms with Crippen LogP contribution in [0.3, 0.4) is 0 Å². The Balaban J connectivity index is 2.24. The van der Waals surface area contributed by atoms with Crippen molar-refractivity contribution < 1.29 is 24.5 Å². The summed E-state index contributed by atoms with van der Waals surface area (Å²) in [5, 5.41) is 22.1. The van der Waals surface area contributed by atoms with Gasteiger partial charge in [-0.25, -0.2) is 4.79 Å². The minimum absolute atomic E-state index is 0.0266. The van der Waals surface area contributed by atoms with E-state index in [9.17, 15) is 15.0 Å². The zero-order valence-corrected chi connectivity index (χ0v) is 16.2. The maximum Gasteiger partial charge on any atom is 0.412 e. The minimum atomic E-state index is -0.893. The smallest absolute Gasteiger partial charge is 0.412 e. The van der Waals surface area contributed by atoms with Crippen LogP contribution in [0, 0.1) is 6.92 Å². The number of aromatic hydroxyl groups is 1. The van der Waals surface area contributed by atoms with E-state index in [-0.39, 0.29) is 18.8 Å². The SMILES string of the molecule is CO[C@@H](CCO)[C@@H](OC(=O)Nc1ccc(C)cc1)c1cc(Br)ccc1O. The van der Waals surface area contributed by atoms with E-state index in [0.29, 0.717) is 11.3 Å². The van der Waals surface area contributed by atoms with Gasteiger partial charge in [0.2, 0.25) is 0 Å². The molecular formula is C19H22BrNO5. The second-order valence-electron chi connectivity index (χ2n) is 5.81. The number of halogens is 1. The first-order chi connectivity index (χ1) is 12.4. The summed E-state index contributed by atoms with van der Waals surface area (Å²) in [7, 11) is 1.46. The summed E-state index contributed by atoms with van der Waals surface area (Å²) in [5.74, 6) is -0.0266. The Morgan fingerprint density at radius 2 is 1.92 bits per heavy atom. The van der Waals surface area contributed by atoms with Gasteiger partial charge in [0.25, 0.3) is 0 Å². The number of methoxy groups -OCH3 is 1. The molecule has 0 aliphatic carbocycles. The van der Waals surface area contributed by atoms with Crippen LogP contribution in [0.15, 0.2) is 46.9 Å². The summed E-state index contributed by atoms with van der Waals surface area (Å²) in [6, 6.07) is 12.1. The molecule has 0 heterocycles. The van der Waals surface area contributed by atoms with Crippen molar-refractivity contribution in [3.8, 4) is 5.75 Å². The van der Waals surface area contributed by atoms with Crippen LogP contribution < -0.4 is 5.32 Å². The lowest BCUT2D eigenvalue weighted by molar-refractivity contribution is -0.0314. The maximum absolute atomic E-state index is 12.4. The van der Waals surface area contributed by atoms with E-state index >= 15 is 0 Å². The lowest BCUT2D eigenvalue weighted by Crippen LogP contribution is -2.29. The fourth-order valence-electron chi connectivity index (χ4n) is 2.51. The molecule has 0 unspecified atom stereocenters. The molecule has 0 aromatic heterocycles. The quantitative estimate of drug-likeness (QED) is 0.622. The molecule has 140 valence electrons. The van der Waals surface area contributed by atoms with Gasteiger partial charge in [0, 0.05) is 35.9 Å². The summed E-state index contributed by atoms with van der Waals surface area (Å²) < 4.78 is 11.6. The van der Waals surface area contributed by atoms with Crippen LogP contribution >= 0.6 is 15.9 Å². The number of nitrogens with one attached hydrogen (secondary N) is 1. The van der Waals surface area contributed by atoms with Gasteiger partial charge < -0.3 is 19.7 Å². The van der Waals surface area contributed by atoms with Crippen molar-refractivity contribution in [2.45, 2.75) is 25.6 Å². The Hall–Kier alpha value is -2.09. The number of phenolic OH excluding ortho intramolecular Hbond substituents is 1. The fourth-order valence-corrected chi connectivity index (χ4v) is 2.89. The first-order valence-corrected chi connectivity index (χ1v) is 8.90. The van der Waals surface area contributed by atoms with E-state index in [1.165, 1.54) is 13.2 Å². The topological polar surface area (TPSA) is 88.0 Å². The molecule has 0 fully saturated rings. The molecule has 2 aromatic carbocycles. The largest absolute Gasteiger partial charge is 0.508 e. The summed E-state index contributed by atoms with van der Waals surface area (Å²) in [6.45, 7) is 1.80. The van der Waals surface area contributed by atoms with Crippen LogP contribution in [-0.4, -0.2) is 36.1 Å². The summed E-state index contributed by atoms with van der Waals surface area (Å²) in [4.78, 5) is 12.4. The molecule has 0 bridgehead atoms. The molecule has 2 aromatic rings. The third-order valence-electron chi connectivity index (χ3n) is 3.88. The molecule has 0 saturated carbocycles. The predicted molar refractivity (Wildman–Crippen MR) is 102 cm³/mol. The highest BCUT2D eigenvalue weighted by atomic mass is 79.9. The van der Waals surface area contributed by atoms with Gasteiger partial charge in [0.1, 0.15) is 11.9 Å². The highest BCUT2D eigenvalue weighted by Crippen LogP contribution is 2.34. The molecule has 0 spiro atoms. The number of phenols is 1. The van der Waals surface area contributed by atoms with Crippen molar-refractivity contribution in [2.24, 2.45) is 0 Å². The summed E-state index contributed by atoms with van der Waals surface area (Å²) in [6.07, 6.45) is -1.96. The highest BCUT2D eigenvalue weighted by Gasteiger charge is 2.29. The standard InChI is InChI=1S/C19H22BrNO5/c1-12-3-6-14(7-4-12)21-19(24)26-18(17(25-2)9-10-22)15-11-13(20)5-8-16(15)23/h3-8,11,17-18,22-23H,9-10H2,1-2H3,(H,21,24)/t17-,18-/m0/s1. The number of aliphatic hydroxyl groups excluding tert-OH is 1. The number of hydrogen-bond donors (Lipinski definition) is 3. The van der Waals surface area contributed by atoms with E-state index in [1.54, 1.807) is 24.3 Å². The minimum Gasteiger partial charge on any atom is -0.508 e. The molecule has 0 aliphatic rings. The van der Waals surface area contributed by atoms with Crippen molar-refractivity contribution in [3.63, 3.8) is 0 Å². The van der Waals surface area contributed by atoms with E-state index in [1.807, 2.05) is 19.1 Å². The molecule has 2 atom stereocenters. The second kappa shape index (κ2) is 9.56. The molecule has 7 heteroatoms. The Morgan fingerprint density at radius 3 is 2.54 bits per heavy atom. The number of aryl methyl sites for hydroxylation is 1. The average Bonchev–Trinajstić information content (AvgIpc) is 2.62. The zero-order chi connectivity index (χ0) is 19.1. The van der Waals surface area contributed by atoms with Gasteiger partial charge >= 0.3 is 6.09 Å². The van der Waals surface area contributed by atoms with E-state index < -0.39 is 18.3 Å². The monoisotopic (exact) mass is 423 g/mol. The molecule has 0 aliphatic heterocycles. The number of amides is 1. The molecule has 0 saturated heterocycles. The Bertz CT molecular complexity index is 735. The number of ether oxygens (including phenoxy) is 2. The van der Waals surface area contributed by atoms with E-state index in [0.717, 1.165) is 10.0 Å². The highest BCUT2D eigenvalue weighted by molar-refractivity contribution is 9.10. The molecule has 0 radical (unpaired) electrons. The van der Waals surface area contributed by atoms with Gasteiger partial charge in [-0.1, -0.05) is 33.6 Å². The predicted octanol–water partition coefficient (Wildman–Crippen LogP) is 4.15. The Morgan fingerprint density at radius 1 is 1.23 bits per heavy atom. The van der Waals surface area contributed by atoms with Gasteiger partial charge in [0.05, 0.1) is 0 Å². The van der Waals surface area contributed by atoms with E-state index in [2.05, 4.69) is 21.2 Å². The van der Waals surface area contributed by atoms with E-state index in [4.69, 9.17) is 9.47 Å². The van der Waals surface area contributed by atoms with Gasteiger partial charge in [-0.2, -0.15) is 0 Å². The number of anilines is 1. The molecule has 2 rings (SSSR count). The molecule has 6 nitrogen and oxygen atoms in total. The van der Waals surface area contributed by atoms with Crippen LogP contribution in [-0.2, 0) is 9.47 Å². The lowest BCUT2D eigenvalue weighted by atomic mass is 10.0. The number of hydrogen-bond acceptors (Lipinski definition) is 5. The second-order valence-corrected chi connectivity index (χ2v) is 6.72. The molecule has 1 amide bonds. The molecule has 26 heavy (non-hydrogen) atoms.